The third kappa shape index (κ3) is 3.17. The molecule has 0 N–H and O–H groups in total. The van der Waals surface area contributed by atoms with Crippen LogP contribution in [0.5, 0.6) is 0 Å². The van der Waals surface area contributed by atoms with Gasteiger partial charge in [0.2, 0.25) is 10.0 Å². The molecule has 2 aliphatic rings. The second kappa shape index (κ2) is 5.84. The van der Waals surface area contributed by atoms with Crippen LogP contribution < -0.4 is 0 Å². The molecule has 3 rings (SSSR count). The molecule has 2 aliphatic heterocycles. The summed E-state index contributed by atoms with van der Waals surface area (Å²) >= 11 is 0. The first-order valence-corrected chi connectivity index (χ1v) is 10.9. The fourth-order valence-electron chi connectivity index (χ4n) is 3.14. The highest BCUT2D eigenvalue weighted by Crippen LogP contribution is 2.30. The molecule has 2 atom stereocenters. The summed E-state index contributed by atoms with van der Waals surface area (Å²) in [5.74, 6) is 0.0521. The van der Waals surface area contributed by atoms with Crippen LogP contribution in [0.4, 0.5) is 0 Å². The molecule has 0 aliphatic carbocycles. The lowest BCUT2D eigenvalue weighted by Crippen LogP contribution is -2.53. The minimum Gasteiger partial charge on any atom is -0.374 e. The van der Waals surface area contributed by atoms with E-state index in [1.54, 1.807) is 24.3 Å². The van der Waals surface area contributed by atoms with Gasteiger partial charge >= 0.3 is 0 Å². The van der Waals surface area contributed by atoms with Gasteiger partial charge in [-0.2, -0.15) is 4.31 Å². The number of hydrogen-bond acceptors (Lipinski definition) is 5. The van der Waals surface area contributed by atoms with Crippen LogP contribution in [-0.2, 0) is 24.6 Å². The molecule has 1 aromatic carbocycles. The molecule has 2 saturated heterocycles. The quantitative estimate of drug-likeness (QED) is 0.804. The van der Waals surface area contributed by atoms with Crippen LogP contribution in [0.25, 0.3) is 0 Å². The van der Waals surface area contributed by atoms with Crippen molar-refractivity contribution in [2.24, 2.45) is 0 Å². The van der Waals surface area contributed by atoms with Gasteiger partial charge in [-0.05, 0) is 23.6 Å². The smallest absolute Gasteiger partial charge is 0.243 e. The Labute approximate surface area is 137 Å². The van der Waals surface area contributed by atoms with Gasteiger partial charge in [0.1, 0.15) is 0 Å². The highest BCUT2D eigenvalue weighted by Gasteiger charge is 2.48. The number of nitrogens with zero attached hydrogens (tertiary/aromatic N) is 1. The Morgan fingerprint density at radius 2 is 1.83 bits per heavy atom. The number of sulfonamides is 1. The fourth-order valence-corrected chi connectivity index (χ4v) is 6.74. The van der Waals surface area contributed by atoms with Crippen LogP contribution >= 0.6 is 0 Å². The van der Waals surface area contributed by atoms with Crippen molar-refractivity contribution >= 4 is 19.9 Å². The van der Waals surface area contributed by atoms with Crippen molar-refractivity contribution < 1.29 is 21.6 Å². The van der Waals surface area contributed by atoms with Crippen molar-refractivity contribution in [2.45, 2.75) is 36.8 Å². The minimum absolute atomic E-state index is 0.101. The average Bonchev–Trinajstić information content (AvgIpc) is 2.80. The monoisotopic (exact) mass is 359 g/mol. The zero-order valence-electron chi connectivity index (χ0n) is 13.2. The summed E-state index contributed by atoms with van der Waals surface area (Å²) in [4.78, 5) is 0.201. The van der Waals surface area contributed by atoms with Crippen LogP contribution in [0, 0.1) is 0 Å². The predicted molar refractivity (Wildman–Crippen MR) is 86.6 cm³/mol. The summed E-state index contributed by atoms with van der Waals surface area (Å²) in [6.45, 7) is 4.49. The number of sulfone groups is 1. The Hall–Kier alpha value is -0.960. The van der Waals surface area contributed by atoms with Crippen molar-refractivity contribution in [3.8, 4) is 0 Å². The molecule has 6 nitrogen and oxygen atoms in total. The van der Waals surface area contributed by atoms with Crippen LogP contribution in [0.15, 0.2) is 29.2 Å². The first-order chi connectivity index (χ1) is 10.7. The number of morpholine rings is 1. The van der Waals surface area contributed by atoms with Crippen molar-refractivity contribution in [1.29, 1.82) is 0 Å². The molecule has 1 aromatic rings. The summed E-state index contributed by atoms with van der Waals surface area (Å²) in [6, 6.07) is 6.18. The van der Waals surface area contributed by atoms with E-state index in [1.807, 2.05) is 13.8 Å². The highest BCUT2D eigenvalue weighted by atomic mass is 32.2. The van der Waals surface area contributed by atoms with Crippen molar-refractivity contribution in [3.05, 3.63) is 29.8 Å². The SMILES string of the molecule is CC(C)c1ccc(S(=O)(=O)N2CCOC3CS(=O)(=O)CC32)cc1. The molecule has 0 radical (unpaired) electrons. The van der Waals surface area contributed by atoms with Crippen LogP contribution in [-0.4, -0.2) is 57.9 Å². The summed E-state index contributed by atoms with van der Waals surface area (Å²) in [5.41, 5.74) is 1.06. The van der Waals surface area contributed by atoms with E-state index in [0.29, 0.717) is 5.92 Å². The number of ether oxygens (including phenoxy) is 1. The molecule has 2 unspecified atom stereocenters. The van der Waals surface area contributed by atoms with E-state index in [4.69, 9.17) is 4.74 Å². The maximum absolute atomic E-state index is 12.9. The van der Waals surface area contributed by atoms with E-state index in [-0.39, 0.29) is 29.6 Å². The van der Waals surface area contributed by atoms with Gasteiger partial charge in [-0.25, -0.2) is 16.8 Å². The van der Waals surface area contributed by atoms with E-state index in [2.05, 4.69) is 0 Å². The zero-order valence-corrected chi connectivity index (χ0v) is 14.8. The third-order valence-electron chi connectivity index (χ3n) is 4.44. The van der Waals surface area contributed by atoms with Gasteiger partial charge in [0.25, 0.3) is 0 Å². The average molecular weight is 359 g/mol. The molecule has 8 heteroatoms. The van der Waals surface area contributed by atoms with Crippen LogP contribution in [0.1, 0.15) is 25.3 Å². The number of rotatable bonds is 3. The Morgan fingerprint density at radius 1 is 1.17 bits per heavy atom. The number of fused-ring (bicyclic) bond motifs is 1. The summed E-state index contributed by atoms with van der Waals surface area (Å²) < 4.78 is 56.2. The van der Waals surface area contributed by atoms with Gasteiger partial charge < -0.3 is 4.74 Å². The van der Waals surface area contributed by atoms with E-state index >= 15 is 0 Å². The Kier molecular flexibility index (Phi) is 4.29. The van der Waals surface area contributed by atoms with E-state index in [9.17, 15) is 16.8 Å². The largest absolute Gasteiger partial charge is 0.374 e. The molecule has 2 heterocycles. The van der Waals surface area contributed by atoms with Crippen LogP contribution in [0.2, 0.25) is 0 Å². The predicted octanol–water partition coefficient (Wildman–Crippen LogP) is 0.997. The minimum atomic E-state index is -3.72. The number of hydrogen-bond donors (Lipinski definition) is 0. The molecule has 0 amide bonds. The molecule has 0 saturated carbocycles. The summed E-state index contributed by atoms with van der Waals surface area (Å²) in [6.07, 6.45) is -0.557. The first kappa shape index (κ1) is 16.9. The van der Waals surface area contributed by atoms with Crippen LogP contribution in [0.3, 0.4) is 0 Å². The Balaban J connectivity index is 1.92. The van der Waals surface area contributed by atoms with E-state index in [0.717, 1.165) is 5.56 Å². The Morgan fingerprint density at radius 3 is 2.43 bits per heavy atom. The van der Waals surface area contributed by atoms with Crippen molar-refractivity contribution in [1.82, 2.24) is 4.31 Å². The van der Waals surface area contributed by atoms with Gasteiger partial charge in [-0.15, -0.1) is 0 Å². The first-order valence-electron chi connectivity index (χ1n) is 7.64. The molecular formula is C15H21NO5S2. The normalized spacial score (nSPS) is 28.0. The molecular weight excluding hydrogens is 338 g/mol. The lowest BCUT2D eigenvalue weighted by molar-refractivity contribution is -0.0141. The second-order valence-corrected chi connectivity index (χ2v) is 10.4. The van der Waals surface area contributed by atoms with Crippen molar-refractivity contribution in [2.75, 3.05) is 24.7 Å². The molecule has 23 heavy (non-hydrogen) atoms. The number of benzene rings is 1. The molecule has 2 fully saturated rings. The Bertz CT molecular complexity index is 784. The highest BCUT2D eigenvalue weighted by molar-refractivity contribution is 7.92. The maximum atomic E-state index is 12.9. The van der Waals surface area contributed by atoms with Gasteiger partial charge in [0.05, 0.1) is 35.2 Å². The molecule has 0 spiro atoms. The molecule has 128 valence electrons. The van der Waals surface area contributed by atoms with Gasteiger partial charge in [0, 0.05) is 6.54 Å². The van der Waals surface area contributed by atoms with Gasteiger partial charge in [0.15, 0.2) is 9.84 Å². The van der Waals surface area contributed by atoms with E-state index < -0.39 is 32.0 Å². The third-order valence-corrected chi connectivity index (χ3v) is 8.06. The zero-order chi connectivity index (χ0) is 16.8. The van der Waals surface area contributed by atoms with Gasteiger partial charge in [-0.3, -0.25) is 0 Å². The molecule has 0 aromatic heterocycles. The summed E-state index contributed by atoms with van der Waals surface area (Å²) in [5, 5.41) is 0. The standard InChI is InChI=1S/C15H21NO5S2/c1-11(2)12-3-5-13(6-4-12)23(19,20)16-7-8-21-15-10-22(17,18)9-14(15)16/h3-6,11,14-15H,7-10H2,1-2H3. The van der Waals surface area contributed by atoms with Gasteiger partial charge in [-0.1, -0.05) is 26.0 Å². The lowest BCUT2D eigenvalue weighted by Gasteiger charge is -2.35. The van der Waals surface area contributed by atoms with E-state index in [1.165, 1.54) is 4.31 Å². The maximum Gasteiger partial charge on any atom is 0.243 e. The molecule has 0 bridgehead atoms. The second-order valence-electron chi connectivity index (χ2n) is 6.39. The van der Waals surface area contributed by atoms with Crippen molar-refractivity contribution in [3.63, 3.8) is 0 Å². The fraction of sp³-hybridized carbons (Fsp3) is 0.600. The summed E-state index contributed by atoms with van der Waals surface area (Å²) in [7, 11) is -6.97. The lowest BCUT2D eigenvalue weighted by atomic mass is 10.0. The topological polar surface area (TPSA) is 80.8 Å².